The Morgan fingerprint density at radius 2 is 1.25 bits per heavy atom. The van der Waals surface area contributed by atoms with Crippen molar-refractivity contribution in [3.05, 3.63) is 18.5 Å². The van der Waals surface area contributed by atoms with Crippen LogP contribution in [-0.4, -0.2) is 75.7 Å². The van der Waals surface area contributed by atoms with Gasteiger partial charge in [0.25, 0.3) is 0 Å². The smallest absolute Gasteiger partial charge is 0.230 e. The molecule has 0 bridgehead atoms. The van der Waals surface area contributed by atoms with Crippen LogP contribution in [0.25, 0.3) is 0 Å². The van der Waals surface area contributed by atoms with Crippen molar-refractivity contribution in [3.8, 4) is 0 Å². The quantitative estimate of drug-likeness (QED) is 0.800. The number of rotatable bonds is 4. The van der Waals surface area contributed by atoms with Gasteiger partial charge in [-0.1, -0.05) is 0 Å². The standard InChI is InChI=1S/C18H26N10/c1-2-7-26(6-1)16-21-12-20-15(24-16)14-11-28(10-5-19-14)18-23-13-22-17(25-18)27-8-3-4-9-27/h12-14,19H,1-11H2. The van der Waals surface area contributed by atoms with E-state index < -0.39 is 0 Å². The van der Waals surface area contributed by atoms with Crippen LogP contribution in [0.15, 0.2) is 12.7 Å². The highest BCUT2D eigenvalue weighted by atomic mass is 15.4. The van der Waals surface area contributed by atoms with Crippen molar-refractivity contribution in [3.63, 3.8) is 0 Å². The molecule has 10 heteroatoms. The summed E-state index contributed by atoms with van der Waals surface area (Å²) in [6.07, 6.45) is 8.07. The van der Waals surface area contributed by atoms with Crippen molar-refractivity contribution >= 4 is 17.8 Å². The van der Waals surface area contributed by atoms with Crippen LogP contribution in [-0.2, 0) is 0 Å². The van der Waals surface area contributed by atoms with E-state index in [1.54, 1.807) is 12.7 Å². The van der Waals surface area contributed by atoms with Crippen molar-refractivity contribution in [1.82, 2.24) is 35.2 Å². The Balaban J connectivity index is 1.32. The fourth-order valence-electron chi connectivity index (χ4n) is 4.14. The van der Waals surface area contributed by atoms with Crippen LogP contribution in [0.4, 0.5) is 17.8 Å². The Bertz CT molecular complexity index is 737. The third kappa shape index (κ3) is 3.56. The summed E-state index contributed by atoms with van der Waals surface area (Å²) in [5.74, 6) is 3.10. The lowest BCUT2D eigenvalue weighted by atomic mass is 10.2. The predicted molar refractivity (Wildman–Crippen MR) is 106 cm³/mol. The molecule has 2 aromatic rings. The normalized spacial score (nSPS) is 22.9. The second-order valence-electron chi connectivity index (χ2n) is 7.57. The first-order valence-corrected chi connectivity index (χ1v) is 10.2. The molecule has 10 nitrogen and oxygen atoms in total. The van der Waals surface area contributed by atoms with E-state index in [0.29, 0.717) is 0 Å². The fourth-order valence-corrected chi connectivity index (χ4v) is 4.14. The van der Waals surface area contributed by atoms with Gasteiger partial charge in [0.05, 0.1) is 6.04 Å². The van der Waals surface area contributed by atoms with Gasteiger partial charge in [0.1, 0.15) is 12.7 Å². The summed E-state index contributed by atoms with van der Waals surface area (Å²) in [7, 11) is 0. The van der Waals surface area contributed by atoms with E-state index in [-0.39, 0.29) is 6.04 Å². The van der Waals surface area contributed by atoms with Crippen LogP contribution < -0.4 is 20.0 Å². The molecule has 28 heavy (non-hydrogen) atoms. The average Bonchev–Trinajstić information content (AvgIpc) is 3.48. The molecule has 1 N–H and O–H groups in total. The number of nitrogens with one attached hydrogen (secondary N) is 1. The molecule has 5 heterocycles. The summed E-state index contributed by atoms with van der Waals surface area (Å²) >= 11 is 0. The van der Waals surface area contributed by atoms with Crippen LogP contribution in [0.1, 0.15) is 37.5 Å². The van der Waals surface area contributed by atoms with Gasteiger partial charge in [-0.15, -0.1) is 0 Å². The van der Waals surface area contributed by atoms with Crippen LogP contribution >= 0.6 is 0 Å². The highest BCUT2D eigenvalue weighted by molar-refractivity contribution is 5.39. The molecule has 0 amide bonds. The van der Waals surface area contributed by atoms with Gasteiger partial charge in [0.15, 0.2) is 5.82 Å². The molecule has 2 aromatic heterocycles. The molecule has 3 aliphatic rings. The lowest BCUT2D eigenvalue weighted by Gasteiger charge is -2.33. The van der Waals surface area contributed by atoms with E-state index in [2.05, 4.69) is 40.0 Å². The summed E-state index contributed by atoms with van der Waals surface area (Å²) in [6, 6.07) is 0.0325. The molecule has 148 valence electrons. The van der Waals surface area contributed by atoms with Crippen molar-refractivity contribution in [2.75, 3.05) is 60.5 Å². The predicted octanol–water partition coefficient (Wildman–Crippen LogP) is 0.408. The van der Waals surface area contributed by atoms with Crippen molar-refractivity contribution in [2.45, 2.75) is 31.7 Å². The van der Waals surface area contributed by atoms with Gasteiger partial charge >= 0.3 is 0 Å². The van der Waals surface area contributed by atoms with Gasteiger partial charge in [-0.3, -0.25) is 0 Å². The molecule has 3 fully saturated rings. The van der Waals surface area contributed by atoms with Crippen LogP contribution in [0, 0.1) is 0 Å². The molecule has 0 aliphatic carbocycles. The lowest BCUT2D eigenvalue weighted by molar-refractivity contribution is 0.447. The molecular weight excluding hydrogens is 356 g/mol. The highest BCUT2D eigenvalue weighted by Crippen LogP contribution is 2.22. The summed E-state index contributed by atoms with van der Waals surface area (Å²) in [5, 5.41) is 3.53. The summed E-state index contributed by atoms with van der Waals surface area (Å²) in [6.45, 7) is 6.52. The van der Waals surface area contributed by atoms with Crippen LogP contribution in [0.5, 0.6) is 0 Å². The number of piperazine rings is 1. The van der Waals surface area contributed by atoms with E-state index >= 15 is 0 Å². The minimum atomic E-state index is 0.0325. The first-order valence-electron chi connectivity index (χ1n) is 10.2. The first-order chi connectivity index (χ1) is 13.9. The molecule has 0 saturated carbocycles. The Morgan fingerprint density at radius 1 is 0.679 bits per heavy atom. The second kappa shape index (κ2) is 7.78. The van der Waals surface area contributed by atoms with Gasteiger partial charge < -0.3 is 20.0 Å². The first kappa shape index (κ1) is 17.5. The van der Waals surface area contributed by atoms with Crippen LogP contribution in [0.2, 0.25) is 0 Å². The minimum Gasteiger partial charge on any atom is -0.341 e. The van der Waals surface area contributed by atoms with E-state index in [1.807, 2.05) is 0 Å². The molecule has 0 radical (unpaired) electrons. The van der Waals surface area contributed by atoms with Crippen LogP contribution in [0.3, 0.4) is 0 Å². The van der Waals surface area contributed by atoms with Gasteiger partial charge in [-0.25, -0.2) is 19.9 Å². The minimum absolute atomic E-state index is 0.0325. The summed E-state index contributed by atoms with van der Waals surface area (Å²) < 4.78 is 0. The zero-order valence-corrected chi connectivity index (χ0v) is 16.0. The third-order valence-corrected chi connectivity index (χ3v) is 5.67. The topological polar surface area (TPSA) is 99.1 Å². The maximum Gasteiger partial charge on any atom is 0.230 e. The third-order valence-electron chi connectivity index (χ3n) is 5.67. The maximum atomic E-state index is 4.74. The fraction of sp³-hybridized carbons (Fsp3) is 0.667. The molecule has 5 rings (SSSR count). The SMILES string of the molecule is c1nc(C2CN(c3ncnc(N4CCCC4)n3)CCN2)nc(N2CCCC2)n1. The maximum absolute atomic E-state index is 4.74. The Hall–Kier alpha value is -2.62. The molecule has 0 aromatic carbocycles. The zero-order chi connectivity index (χ0) is 18.8. The largest absolute Gasteiger partial charge is 0.341 e. The van der Waals surface area contributed by atoms with E-state index in [9.17, 15) is 0 Å². The van der Waals surface area contributed by atoms with Crippen molar-refractivity contribution in [2.24, 2.45) is 0 Å². The van der Waals surface area contributed by atoms with Crippen molar-refractivity contribution in [1.29, 1.82) is 0 Å². The highest BCUT2D eigenvalue weighted by Gasteiger charge is 2.27. The zero-order valence-electron chi connectivity index (χ0n) is 16.0. The van der Waals surface area contributed by atoms with E-state index in [4.69, 9.17) is 9.97 Å². The molecule has 3 aliphatic heterocycles. The van der Waals surface area contributed by atoms with E-state index in [1.165, 1.54) is 25.7 Å². The molecule has 0 spiro atoms. The summed E-state index contributed by atoms with van der Waals surface area (Å²) in [4.78, 5) is 33.8. The van der Waals surface area contributed by atoms with Gasteiger partial charge in [-0.2, -0.15) is 9.97 Å². The van der Waals surface area contributed by atoms with Gasteiger partial charge in [0, 0.05) is 45.8 Å². The van der Waals surface area contributed by atoms with E-state index in [0.717, 1.165) is 69.5 Å². The van der Waals surface area contributed by atoms with Crippen molar-refractivity contribution < 1.29 is 0 Å². The molecule has 1 atom stereocenters. The molecule has 3 saturated heterocycles. The summed E-state index contributed by atoms with van der Waals surface area (Å²) in [5.41, 5.74) is 0. The molecule has 1 unspecified atom stereocenters. The monoisotopic (exact) mass is 382 g/mol. The Morgan fingerprint density at radius 3 is 1.93 bits per heavy atom. The number of hydrogen-bond donors (Lipinski definition) is 1. The Labute approximate surface area is 164 Å². The van der Waals surface area contributed by atoms with Gasteiger partial charge in [0.2, 0.25) is 17.8 Å². The average molecular weight is 382 g/mol. The lowest BCUT2D eigenvalue weighted by Crippen LogP contribution is -2.47. The Kier molecular flexibility index (Phi) is 4.86. The number of nitrogens with zero attached hydrogens (tertiary/aromatic N) is 9. The number of hydrogen-bond acceptors (Lipinski definition) is 10. The second-order valence-corrected chi connectivity index (χ2v) is 7.57. The molecular formula is C18H26N10. The van der Waals surface area contributed by atoms with Gasteiger partial charge in [-0.05, 0) is 25.7 Å². The number of aromatic nitrogens is 6. The number of anilines is 3.